The van der Waals surface area contributed by atoms with E-state index in [1.165, 1.54) is 33.5 Å². The van der Waals surface area contributed by atoms with Crippen LogP contribution in [-0.4, -0.2) is 46.6 Å². The molecule has 0 bridgehead atoms. The van der Waals surface area contributed by atoms with E-state index in [9.17, 15) is 14.7 Å². The van der Waals surface area contributed by atoms with Crippen LogP contribution in [0.5, 0.6) is 0 Å². The van der Waals surface area contributed by atoms with Crippen molar-refractivity contribution < 1.29 is 9.90 Å². The Morgan fingerprint density at radius 3 is 2.44 bits per heavy atom. The molecule has 1 atom stereocenters. The SMILES string of the molecule is CS[C@](C)(CCn1cnc(-c2ccc(-n3nccn3)cc2)cc1=O)C(=O)O. The topological polar surface area (TPSA) is 103 Å². The van der Waals surface area contributed by atoms with E-state index in [-0.39, 0.29) is 5.56 Å². The van der Waals surface area contributed by atoms with Gasteiger partial charge in [-0.1, -0.05) is 12.1 Å². The van der Waals surface area contributed by atoms with Crippen molar-refractivity contribution in [2.45, 2.75) is 24.6 Å². The Hall–Kier alpha value is -2.94. The second-order valence-electron chi connectivity index (χ2n) is 6.16. The fourth-order valence-corrected chi connectivity index (χ4v) is 2.97. The van der Waals surface area contributed by atoms with Gasteiger partial charge < -0.3 is 5.11 Å². The van der Waals surface area contributed by atoms with Crippen molar-refractivity contribution in [2.75, 3.05) is 6.26 Å². The van der Waals surface area contributed by atoms with Gasteiger partial charge in [0.05, 0.1) is 30.1 Å². The summed E-state index contributed by atoms with van der Waals surface area (Å²) in [5.74, 6) is -0.889. The van der Waals surface area contributed by atoms with Crippen molar-refractivity contribution in [3.05, 3.63) is 59.4 Å². The van der Waals surface area contributed by atoms with Crippen LogP contribution in [0.2, 0.25) is 0 Å². The number of aliphatic carboxylic acids is 1. The second-order valence-corrected chi connectivity index (χ2v) is 7.47. The van der Waals surface area contributed by atoms with E-state index in [0.29, 0.717) is 18.7 Å². The lowest BCUT2D eigenvalue weighted by molar-refractivity contribution is -0.139. The molecule has 0 aliphatic carbocycles. The van der Waals surface area contributed by atoms with Gasteiger partial charge >= 0.3 is 5.97 Å². The van der Waals surface area contributed by atoms with Crippen molar-refractivity contribution in [3.8, 4) is 16.9 Å². The molecular weight excluding hydrogens is 366 g/mol. The van der Waals surface area contributed by atoms with Gasteiger partial charge in [-0.2, -0.15) is 15.0 Å². The number of hydrogen-bond acceptors (Lipinski definition) is 6. The Bertz CT molecular complexity index is 985. The maximum absolute atomic E-state index is 12.4. The van der Waals surface area contributed by atoms with Gasteiger partial charge in [-0.15, -0.1) is 11.8 Å². The van der Waals surface area contributed by atoms with E-state index in [0.717, 1.165) is 11.3 Å². The zero-order valence-corrected chi connectivity index (χ0v) is 15.8. The third kappa shape index (κ3) is 4.08. The van der Waals surface area contributed by atoms with Crippen LogP contribution in [0.25, 0.3) is 16.9 Å². The van der Waals surface area contributed by atoms with Crippen LogP contribution in [0.4, 0.5) is 0 Å². The van der Waals surface area contributed by atoms with E-state index in [1.54, 1.807) is 25.6 Å². The normalized spacial score (nSPS) is 13.3. The van der Waals surface area contributed by atoms with Crippen LogP contribution >= 0.6 is 11.8 Å². The van der Waals surface area contributed by atoms with Gasteiger partial charge in [-0.05, 0) is 31.7 Å². The van der Waals surface area contributed by atoms with Gasteiger partial charge in [0.1, 0.15) is 4.75 Å². The molecule has 9 heteroatoms. The number of carboxylic acids is 1. The highest BCUT2D eigenvalue weighted by atomic mass is 32.2. The summed E-state index contributed by atoms with van der Waals surface area (Å²) in [6.07, 6.45) is 6.74. The summed E-state index contributed by atoms with van der Waals surface area (Å²) in [5, 5.41) is 17.5. The number of carboxylic acid groups (broad SMARTS) is 1. The Balaban J connectivity index is 1.77. The third-order valence-electron chi connectivity index (χ3n) is 4.42. The molecule has 0 unspecified atom stereocenters. The lowest BCUT2D eigenvalue weighted by Crippen LogP contribution is -2.34. The van der Waals surface area contributed by atoms with Crippen molar-refractivity contribution in [1.82, 2.24) is 24.5 Å². The van der Waals surface area contributed by atoms with Crippen LogP contribution in [0.3, 0.4) is 0 Å². The highest BCUT2D eigenvalue weighted by Crippen LogP contribution is 2.27. The summed E-state index contributed by atoms with van der Waals surface area (Å²) >= 11 is 1.26. The maximum Gasteiger partial charge on any atom is 0.319 e. The highest BCUT2D eigenvalue weighted by Gasteiger charge is 2.31. The van der Waals surface area contributed by atoms with E-state index in [2.05, 4.69) is 15.2 Å². The molecule has 0 fully saturated rings. The molecule has 3 aromatic rings. The summed E-state index contributed by atoms with van der Waals surface area (Å²) < 4.78 is 0.497. The number of aromatic nitrogens is 5. The first-order valence-electron chi connectivity index (χ1n) is 8.25. The summed E-state index contributed by atoms with van der Waals surface area (Å²) in [5.41, 5.74) is 1.95. The Kier molecular flexibility index (Phi) is 5.41. The average molecular weight is 385 g/mol. The largest absolute Gasteiger partial charge is 0.480 e. The number of rotatable bonds is 7. The summed E-state index contributed by atoms with van der Waals surface area (Å²) in [6.45, 7) is 1.95. The molecule has 27 heavy (non-hydrogen) atoms. The summed E-state index contributed by atoms with van der Waals surface area (Å²) in [7, 11) is 0. The molecule has 1 N–H and O–H groups in total. The highest BCUT2D eigenvalue weighted by molar-refractivity contribution is 8.00. The number of carbonyl (C=O) groups is 1. The van der Waals surface area contributed by atoms with E-state index in [4.69, 9.17) is 0 Å². The van der Waals surface area contributed by atoms with Gasteiger partial charge in [0.25, 0.3) is 5.56 Å². The van der Waals surface area contributed by atoms with E-state index < -0.39 is 10.7 Å². The molecule has 2 aromatic heterocycles. The first-order valence-corrected chi connectivity index (χ1v) is 9.47. The molecule has 0 amide bonds. The maximum atomic E-state index is 12.4. The Labute approximate surface area is 159 Å². The standard InChI is InChI=1S/C18H19N5O3S/c1-18(27-2,17(25)26)7-10-22-12-19-15(11-16(22)24)13-3-5-14(6-4-13)23-20-8-9-21-23/h3-6,8-9,11-12H,7,10H2,1-2H3,(H,25,26)/t18-/m1/s1. The molecule has 0 saturated carbocycles. The van der Waals surface area contributed by atoms with E-state index >= 15 is 0 Å². The lowest BCUT2D eigenvalue weighted by atomic mass is 10.1. The molecule has 1 aromatic carbocycles. The minimum absolute atomic E-state index is 0.216. The number of aryl methyl sites for hydroxylation is 1. The minimum Gasteiger partial charge on any atom is -0.480 e. The summed E-state index contributed by atoms with van der Waals surface area (Å²) in [6, 6.07) is 8.84. The fraction of sp³-hybridized carbons (Fsp3) is 0.278. The molecule has 0 radical (unpaired) electrons. The number of nitrogens with zero attached hydrogens (tertiary/aromatic N) is 5. The number of thioether (sulfide) groups is 1. The zero-order valence-electron chi connectivity index (χ0n) is 14.9. The number of hydrogen-bond donors (Lipinski definition) is 1. The van der Waals surface area contributed by atoms with Crippen LogP contribution < -0.4 is 5.56 Å². The molecule has 0 aliphatic heterocycles. The quantitative estimate of drug-likeness (QED) is 0.664. The zero-order chi connectivity index (χ0) is 19.4. The van der Waals surface area contributed by atoms with Crippen molar-refractivity contribution in [3.63, 3.8) is 0 Å². The number of benzene rings is 1. The molecular formula is C18H19N5O3S. The van der Waals surface area contributed by atoms with Gasteiger partial charge in [0.15, 0.2) is 0 Å². The van der Waals surface area contributed by atoms with Crippen LogP contribution in [0.15, 0.2) is 53.8 Å². The first-order chi connectivity index (χ1) is 12.9. The van der Waals surface area contributed by atoms with Crippen molar-refractivity contribution in [1.29, 1.82) is 0 Å². The molecule has 0 aliphatic rings. The minimum atomic E-state index is -0.936. The molecule has 2 heterocycles. The smallest absolute Gasteiger partial charge is 0.319 e. The van der Waals surface area contributed by atoms with Crippen LogP contribution in [-0.2, 0) is 11.3 Å². The Morgan fingerprint density at radius 2 is 1.89 bits per heavy atom. The third-order valence-corrected chi connectivity index (χ3v) is 5.70. The lowest BCUT2D eigenvalue weighted by Gasteiger charge is -2.22. The molecule has 0 saturated heterocycles. The van der Waals surface area contributed by atoms with Crippen LogP contribution in [0.1, 0.15) is 13.3 Å². The molecule has 140 valence electrons. The predicted octanol–water partition coefficient (Wildman–Crippen LogP) is 2.09. The van der Waals surface area contributed by atoms with Gasteiger partial charge in [-0.25, -0.2) is 4.98 Å². The van der Waals surface area contributed by atoms with Gasteiger partial charge in [-0.3, -0.25) is 14.2 Å². The van der Waals surface area contributed by atoms with Crippen LogP contribution in [0, 0.1) is 0 Å². The van der Waals surface area contributed by atoms with Crippen molar-refractivity contribution in [2.24, 2.45) is 0 Å². The molecule has 3 rings (SSSR count). The first kappa shape index (κ1) is 18.8. The monoisotopic (exact) mass is 385 g/mol. The molecule has 0 spiro atoms. The average Bonchev–Trinajstić information content (AvgIpc) is 3.21. The van der Waals surface area contributed by atoms with E-state index in [1.807, 2.05) is 24.3 Å². The summed E-state index contributed by atoms with van der Waals surface area (Å²) in [4.78, 5) is 29.6. The van der Waals surface area contributed by atoms with Crippen molar-refractivity contribution >= 4 is 17.7 Å². The predicted molar refractivity (Wildman–Crippen MR) is 103 cm³/mol. The Morgan fingerprint density at radius 1 is 1.22 bits per heavy atom. The fourth-order valence-electron chi connectivity index (χ4n) is 2.50. The van der Waals surface area contributed by atoms with Gasteiger partial charge in [0.2, 0.25) is 0 Å². The van der Waals surface area contributed by atoms with Gasteiger partial charge in [0, 0.05) is 18.2 Å². The second kappa shape index (κ2) is 7.75. The molecule has 8 nitrogen and oxygen atoms in total.